The molecular weight excluding hydrogens is 564 g/mol. The highest BCUT2D eigenvalue weighted by atomic mass is 35.5. The number of ether oxygens (including phenoxy) is 1. The maximum atomic E-state index is 12.0. The van der Waals surface area contributed by atoms with Crippen molar-refractivity contribution in [2.24, 2.45) is 0 Å². The third kappa shape index (κ3) is 6.78. The number of nitrogens with zero attached hydrogens (tertiary/aromatic N) is 5. The summed E-state index contributed by atoms with van der Waals surface area (Å²) >= 11 is 6.27. The van der Waals surface area contributed by atoms with Crippen molar-refractivity contribution < 1.29 is 43.3 Å². The molecule has 0 radical (unpaired) electrons. The van der Waals surface area contributed by atoms with E-state index in [0.717, 1.165) is 12.0 Å². The van der Waals surface area contributed by atoms with Crippen LogP contribution < -0.4 is 4.90 Å². The lowest BCUT2D eigenvalue weighted by molar-refractivity contribution is -0.0483. The lowest BCUT2D eigenvalue weighted by Crippen LogP contribution is -2.33. The first-order valence-corrected chi connectivity index (χ1v) is 15.5. The Morgan fingerprint density at radius 2 is 1.84 bits per heavy atom. The van der Waals surface area contributed by atoms with Gasteiger partial charge in [-0.3, -0.25) is 13.7 Å². The standard InChI is InChI=1S/C21H28ClN5O9P2/c1-2-8-26(9-13-6-4-3-5-7-13)18-15-19(25-21(22)24-18)27(11-23-15)20-17(29)16(28)14(36-20)10-35-38(33,34)12-37(30,31)32/h3-7,11,14,16-17,20,28-29H,2,8-10,12H2,1H3,(H,33,34)(H2,30,31,32)/t14-,16-,17-,20-/m1/s1. The predicted molar refractivity (Wildman–Crippen MR) is 137 cm³/mol. The average molecular weight is 592 g/mol. The van der Waals surface area contributed by atoms with Crippen molar-refractivity contribution in [3.05, 3.63) is 47.5 Å². The van der Waals surface area contributed by atoms with Crippen molar-refractivity contribution >= 4 is 43.8 Å². The number of aromatic nitrogens is 4. The number of benzene rings is 1. The fourth-order valence-electron chi connectivity index (χ4n) is 4.18. The van der Waals surface area contributed by atoms with E-state index in [9.17, 15) is 24.2 Å². The molecule has 5 N–H and O–H groups in total. The highest BCUT2D eigenvalue weighted by Crippen LogP contribution is 2.55. The second kappa shape index (κ2) is 11.6. The topological polar surface area (TPSA) is 201 Å². The van der Waals surface area contributed by atoms with E-state index in [1.54, 1.807) is 0 Å². The maximum absolute atomic E-state index is 12.0. The van der Waals surface area contributed by atoms with Crippen LogP contribution >= 0.6 is 26.8 Å². The molecule has 1 aliphatic heterocycles. The number of fused-ring (bicyclic) bond motifs is 1. The second-order valence-electron chi connectivity index (χ2n) is 8.83. The summed E-state index contributed by atoms with van der Waals surface area (Å²) in [5, 5.41) is 21.1. The molecule has 0 bridgehead atoms. The molecule has 2 aromatic heterocycles. The third-order valence-electron chi connectivity index (χ3n) is 5.80. The number of anilines is 1. The summed E-state index contributed by atoms with van der Waals surface area (Å²) in [4.78, 5) is 42.7. The smallest absolute Gasteiger partial charge is 0.340 e. The summed E-state index contributed by atoms with van der Waals surface area (Å²) in [5.74, 6) is -0.924. The third-order valence-corrected chi connectivity index (χ3v) is 9.42. The molecule has 14 nitrogen and oxygen atoms in total. The Bertz CT molecular complexity index is 1360. The van der Waals surface area contributed by atoms with Crippen LogP contribution in [-0.2, 0) is 24.9 Å². The molecule has 3 aromatic rings. The molecule has 1 saturated heterocycles. The van der Waals surface area contributed by atoms with Crippen LogP contribution in [0.2, 0.25) is 5.28 Å². The van der Waals surface area contributed by atoms with Gasteiger partial charge in [0.25, 0.3) is 0 Å². The SMILES string of the molecule is CCCN(Cc1ccccc1)c1nc(Cl)nc2c1ncn2[C@@H]1O[C@H](COP(=O)(O)CP(=O)(O)O)[C@@H](O)[C@H]1O. The first-order chi connectivity index (χ1) is 17.9. The fourth-order valence-corrected chi connectivity index (χ4v) is 6.91. The first kappa shape index (κ1) is 29.0. The van der Waals surface area contributed by atoms with E-state index in [1.165, 1.54) is 10.9 Å². The largest absolute Gasteiger partial charge is 0.387 e. The summed E-state index contributed by atoms with van der Waals surface area (Å²) < 4.78 is 34.9. The first-order valence-electron chi connectivity index (χ1n) is 11.6. The molecule has 4 rings (SSSR count). The zero-order valence-corrected chi connectivity index (χ0v) is 22.7. The van der Waals surface area contributed by atoms with Crippen molar-refractivity contribution in [1.82, 2.24) is 19.5 Å². The summed E-state index contributed by atoms with van der Waals surface area (Å²) in [5.41, 5.74) is 1.65. The minimum Gasteiger partial charge on any atom is -0.387 e. The van der Waals surface area contributed by atoms with E-state index < -0.39 is 52.2 Å². The van der Waals surface area contributed by atoms with Gasteiger partial charge >= 0.3 is 15.2 Å². The molecule has 208 valence electrons. The molecule has 1 aliphatic rings. The average Bonchev–Trinajstić information content (AvgIpc) is 3.37. The molecule has 0 spiro atoms. The molecule has 0 aliphatic carbocycles. The van der Waals surface area contributed by atoms with E-state index in [0.29, 0.717) is 24.4 Å². The van der Waals surface area contributed by atoms with Crippen molar-refractivity contribution in [3.8, 4) is 0 Å². The number of aliphatic hydroxyl groups is 2. The Morgan fingerprint density at radius 3 is 2.50 bits per heavy atom. The van der Waals surface area contributed by atoms with Gasteiger partial charge < -0.3 is 39.1 Å². The van der Waals surface area contributed by atoms with Crippen molar-refractivity contribution in [2.45, 2.75) is 44.4 Å². The minimum absolute atomic E-state index is 0.0741. The van der Waals surface area contributed by atoms with Crippen molar-refractivity contribution in [2.75, 3.05) is 24.0 Å². The zero-order valence-electron chi connectivity index (χ0n) is 20.2. The van der Waals surface area contributed by atoms with Crippen LogP contribution in [0, 0.1) is 0 Å². The van der Waals surface area contributed by atoms with E-state index >= 15 is 0 Å². The van der Waals surface area contributed by atoms with Gasteiger partial charge in [-0.25, -0.2) is 4.98 Å². The van der Waals surface area contributed by atoms with Crippen molar-refractivity contribution in [3.63, 3.8) is 0 Å². The lowest BCUT2D eigenvalue weighted by Gasteiger charge is -2.24. The normalized spacial score (nSPS) is 23.6. The van der Waals surface area contributed by atoms with Crippen LogP contribution in [0.15, 0.2) is 36.7 Å². The van der Waals surface area contributed by atoms with Gasteiger partial charge in [-0.15, -0.1) is 0 Å². The van der Waals surface area contributed by atoms with Crippen LogP contribution in [0.1, 0.15) is 25.1 Å². The number of rotatable bonds is 11. The Hall–Kier alpha value is -1.96. The number of halogens is 1. The van der Waals surface area contributed by atoms with Gasteiger partial charge in [-0.1, -0.05) is 37.3 Å². The molecule has 38 heavy (non-hydrogen) atoms. The molecular formula is C21H28ClN5O9P2. The zero-order chi connectivity index (χ0) is 27.7. The lowest BCUT2D eigenvalue weighted by atomic mass is 10.1. The Labute approximate surface area is 222 Å². The Kier molecular flexibility index (Phi) is 8.90. The number of aliphatic hydroxyl groups excluding tert-OH is 2. The summed E-state index contributed by atoms with van der Waals surface area (Å²) in [6, 6.07) is 9.76. The molecule has 0 saturated carbocycles. The van der Waals surface area contributed by atoms with Crippen LogP contribution in [-0.4, -0.2) is 81.8 Å². The highest BCUT2D eigenvalue weighted by molar-refractivity contribution is 7.70. The minimum atomic E-state index is -4.83. The van der Waals surface area contributed by atoms with Gasteiger partial charge in [0.05, 0.1) is 12.9 Å². The molecule has 0 amide bonds. The predicted octanol–water partition coefficient (Wildman–Crippen LogP) is 1.85. The van der Waals surface area contributed by atoms with E-state index in [2.05, 4.69) is 15.0 Å². The van der Waals surface area contributed by atoms with E-state index in [-0.39, 0.29) is 10.9 Å². The Morgan fingerprint density at radius 1 is 1.13 bits per heavy atom. The van der Waals surface area contributed by atoms with Crippen LogP contribution in [0.3, 0.4) is 0 Å². The van der Waals surface area contributed by atoms with Crippen LogP contribution in [0.25, 0.3) is 11.2 Å². The summed E-state index contributed by atoms with van der Waals surface area (Å²) in [7, 11) is -9.52. The monoisotopic (exact) mass is 591 g/mol. The van der Waals surface area contributed by atoms with Gasteiger partial charge in [0.2, 0.25) is 5.28 Å². The second-order valence-corrected chi connectivity index (χ2v) is 13.2. The highest BCUT2D eigenvalue weighted by Gasteiger charge is 2.45. The van der Waals surface area contributed by atoms with Gasteiger partial charge in [0, 0.05) is 13.1 Å². The molecule has 1 unspecified atom stereocenters. The number of hydrogen-bond donors (Lipinski definition) is 5. The van der Waals surface area contributed by atoms with Gasteiger partial charge in [0.15, 0.2) is 29.1 Å². The van der Waals surface area contributed by atoms with Crippen molar-refractivity contribution in [1.29, 1.82) is 0 Å². The molecule has 5 atom stereocenters. The van der Waals surface area contributed by atoms with Crippen LogP contribution in [0.5, 0.6) is 0 Å². The molecule has 1 aromatic carbocycles. The Balaban J connectivity index is 1.60. The number of imidazole rings is 1. The summed E-state index contributed by atoms with van der Waals surface area (Å²) in [6.45, 7) is 2.48. The molecule has 17 heteroatoms. The van der Waals surface area contributed by atoms with E-state index in [4.69, 9.17) is 30.6 Å². The number of hydrogen-bond acceptors (Lipinski definition) is 10. The molecule has 3 heterocycles. The van der Waals surface area contributed by atoms with Gasteiger partial charge in [-0.05, 0) is 23.6 Å². The van der Waals surface area contributed by atoms with Crippen LogP contribution in [0.4, 0.5) is 5.82 Å². The maximum Gasteiger partial charge on any atom is 0.340 e. The molecule has 1 fully saturated rings. The van der Waals surface area contributed by atoms with E-state index in [1.807, 2.05) is 42.2 Å². The summed E-state index contributed by atoms with van der Waals surface area (Å²) in [6.07, 6.45) is -3.44. The quantitative estimate of drug-likeness (QED) is 0.160. The fraction of sp³-hybridized carbons (Fsp3) is 0.476. The van der Waals surface area contributed by atoms with Gasteiger partial charge in [0.1, 0.15) is 18.3 Å². The van der Waals surface area contributed by atoms with Gasteiger partial charge in [-0.2, -0.15) is 9.97 Å².